The van der Waals surface area contributed by atoms with Crippen LogP contribution in [0.25, 0.3) is 10.6 Å². The molecule has 4 rings (SSSR count). The van der Waals surface area contributed by atoms with Crippen molar-refractivity contribution in [3.05, 3.63) is 63.6 Å². The van der Waals surface area contributed by atoms with Gasteiger partial charge in [0, 0.05) is 17.6 Å². The Labute approximate surface area is 156 Å². The summed E-state index contributed by atoms with van der Waals surface area (Å²) in [5, 5.41) is 9.26. The van der Waals surface area contributed by atoms with E-state index < -0.39 is 0 Å². The lowest BCUT2D eigenvalue weighted by atomic mass is 10.2. The van der Waals surface area contributed by atoms with Gasteiger partial charge >= 0.3 is 0 Å². The Morgan fingerprint density at radius 1 is 0.960 bits per heavy atom. The van der Waals surface area contributed by atoms with Crippen molar-refractivity contribution in [1.82, 2.24) is 4.68 Å². The zero-order valence-electron chi connectivity index (χ0n) is 14.1. The highest BCUT2D eigenvalue weighted by Crippen LogP contribution is 2.26. The van der Waals surface area contributed by atoms with E-state index in [1.807, 2.05) is 0 Å². The van der Waals surface area contributed by atoms with Crippen LogP contribution in [0.3, 0.4) is 0 Å². The number of aromatic nitrogens is 1. The molecule has 0 atom stereocenters. The molecule has 128 valence electrons. The smallest absolute Gasteiger partial charge is 0.206 e. The molecule has 0 bridgehead atoms. The van der Waals surface area contributed by atoms with Gasteiger partial charge in [0.2, 0.25) is 4.80 Å². The van der Waals surface area contributed by atoms with Gasteiger partial charge in [0.1, 0.15) is 0 Å². The van der Waals surface area contributed by atoms with Gasteiger partial charge in [-0.05, 0) is 49.1 Å². The average Bonchev–Trinajstić information content (AvgIpc) is 3.39. The third-order valence-electron chi connectivity index (χ3n) is 4.37. The van der Waals surface area contributed by atoms with Gasteiger partial charge in [0.05, 0.1) is 10.6 Å². The maximum Gasteiger partial charge on any atom is 0.206 e. The predicted octanol–water partition coefficient (Wildman–Crippen LogP) is 5.20. The minimum Gasteiger partial charge on any atom is -0.257 e. The number of benzene rings is 1. The molecule has 0 aliphatic heterocycles. The fourth-order valence-electron chi connectivity index (χ4n) is 3.05. The number of thiazole rings is 1. The Hall–Kier alpha value is -1.98. The summed E-state index contributed by atoms with van der Waals surface area (Å²) < 4.78 is 2.07. The van der Waals surface area contributed by atoms with E-state index in [4.69, 9.17) is 10.1 Å². The first-order chi connectivity index (χ1) is 12.4. The molecule has 2 heterocycles. The summed E-state index contributed by atoms with van der Waals surface area (Å²) in [6.07, 6.45) is 5.73. The van der Waals surface area contributed by atoms with E-state index in [-0.39, 0.29) is 0 Å². The molecule has 0 unspecified atom stereocenters. The Balaban J connectivity index is 1.64. The van der Waals surface area contributed by atoms with Crippen LogP contribution < -0.4 is 4.80 Å². The highest BCUT2D eigenvalue weighted by molar-refractivity contribution is 7.14. The maximum absolute atomic E-state index is 4.96. The molecule has 1 aliphatic rings. The van der Waals surface area contributed by atoms with Gasteiger partial charge in [-0.25, -0.2) is 4.68 Å². The van der Waals surface area contributed by atoms with Gasteiger partial charge in [-0.15, -0.1) is 22.7 Å². The molecule has 0 saturated heterocycles. The van der Waals surface area contributed by atoms with E-state index in [0.717, 1.165) is 36.3 Å². The predicted molar refractivity (Wildman–Crippen MR) is 107 cm³/mol. The van der Waals surface area contributed by atoms with Crippen LogP contribution in [0.5, 0.6) is 0 Å². The molecule has 25 heavy (non-hydrogen) atoms. The van der Waals surface area contributed by atoms with E-state index in [0.29, 0.717) is 0 Å². The van der Waals surface area contributed by atoms with Crippen molar-refractivity contribution >= 4 is 28.4 Å². The van der Waals surface area contributed by atoms with Crippen LogP contribution in [-0.2, 0) is 6.42 Å². The molecule has 3 nitrogen and oxygen atoms in total. The van der Waals surface area contributed by atoms with Crippen molar-refractivity contribution in [3.8, 4) is 10.6 Å². The Morgan fingerprint density at radius 2 is 1.80 bits per heavy atom. The molecule has 1 aliphatic carbocycles. The van der Waals surface area contributed by atoms with Gasteiger partial charge in [-0.1, -0.05) is 36.4 Å². The fourth-order valence-corrected chi connectivity index (χ4v) is 4.70. The minimum atomic E-state index is 0.791. The summed E-state index contributed by atoms with van der Waals surface area (Å²) in [4.78, 5) is 7.10. The Kier molecular flexibility index (Phi) is 5.23. The molecule has 2 aromatic heterocycles. The summed E-state index contributed by atoms with van der Waals surface area (Å²) in [7, 11) is 0. The summed E-state index contributed by atoms with van der Waals surface area (Å²) >= 11 is 3.45. The zero-order chi connectivity index (χ0) is 16.9. The molecule has 3 aromatic rings. The van der Waals surface area contributed by atoms with Crippen LogP contribution in [0.15, 0.2) is 63.3 Å². The summed E-state index contributed by atoms with van der Waals surface area (Å²) in [6.45, 7) is 0.791. The van der Waals surface area contributed by atoms with Crippen LogP contribution in [0.4, 0.5) is 0 Å². The van der Waals surface area contributed by atoms with Gasteiger partial charge in [0.25, 0.3) is 0 Å². The quantitative estimate of drug-likeness (QED) is 0.593. The van der Waals surface area contributed by atoms with Crippen LogP contribution in [0, 0.1) is 0 Å². The molecule has 0 radical (unpaired) electrons. The van der Waals surface area contributed by atoms with E-state index in [1.165, 1.54) is 29.0 Å². The second kappa shape index (κ2) is 7.93. The van der Waals surface area contributed by atoms with Crippen molar-refractivity contribution in [1.29, 1.82) is 0 Å². The first-order valence-corrected chi connectivity index (χ1v) is 10.5. The lowest BCUT2D eigenvalue weighted by Crippen LogP contribution is -2.14. The summed E-state index contributed by atoms with van der Waals surface area (Å²) in [5.41, 5.74) is 3.80. The SMILES string of the molecule is c1ccc(CCN=c2scc(-c3cccs3)n2N=C2CCCC2)cc1. The molecular weight excluding hydrogens is 346 g/mol. The monoisotopic (exact) mass is 367 g/mol. The van der Waals surface area contributed by atoms with Crippen LogP contribution in [0.2, 0.25) is 0 Å². The lowest BCUT2D eigenvalue weighted by Gasteiger charge is -2.03. The molecule has 1 fully saturated rings. The number of hydrogen-bond acceptors (Lipinski definition) is 4. The molecule has 0 N–H and O–H groups in total. The van der Waals surface area contributed by atoms with Crippen molar-refractivity contribution in [2.75, 3.05) is 6.54 Å². The molecule has 0 amide bonds. The number of rotatable bonds is 5. The summed E-state index contributed by atoms with van der Waals surface area (Å²) in [6, 6.07) is 14.8. The van der Waals surface area contributed by atoms with Crippen LogP contribution >= 0.6 is 22.7 Å². The van der Waals surface area contributed by atoms with Crippen LogP contribution in [-0.4, -0.2) is 16.9 Å². The van der Waals surface area contributed by atoms with E-state index >= 15 is 0 Å². The molecule has 5 heteroatoms. The molecule has 1 saturated carbocycles. The third kappa shape index (κ3) is 3.99. The zero-order valence-corrected chi connectivity index (χ0v) is 15.7. The van der Waals surface area contributed by atoms with Crippen molar-refractivity contribution in [2.24, 2.45) is 10.1 Å². The highest BCUT2D eigenvalue weighted by Gasteiger charge is 2.12. The van der Waals surface area contributed by atoms with E-state index in [9.17, 15) is 0 Å². The van der Waals surface area contributed by atoms with E-state index in [1.54, 1.807) is 22.7 Å². The van der Waals surface area contributed by atoms with Crippen LogP contribution in [0.1, 0.15) is 31.2 Å². The lowest BCUT2D eigenvalue weighted by molar-refractivity contribution is 0.808. The maximum atomic E-state index is 4.96. The van der Waals surface area contributed by atoms with Crippen molar-refractivity contribution < 1.29 is 0 Å². The fraction of sp³-hybridized carbons (Fsp3) is 0.300. The van der Waals surface area contributed by atoms with Gasteiger partial charge < -0.3 is 0 Å². The molecule has 1 aromatic carbocycles. The number of thiophene rings is 1. The molecular formula is C20H21N3S2. The topological polar surface area (TPSA) is 29.6 Å². The normalized spacial score (nSPS) is 15.0. The highest BCUT2D eigenvalue weighted by atomic mass is 32.1. The molecule has 0 spiro atoms. The second-order valence-electron chi connectivity index (χ2n) is 6.18. The van der Waals surface area contributed by atoms with E-state index in [2.05, 4.69) is 57.9 Å². The first kappa shape index (κ1) is 16.5. The second-order valence-corrected chi connectivity index (χ2v) is 7.97. The van der Waals surface area contributed by atoms with Crippen molar-refractivity contribution in [2.45, 2.75) is 32.1 Å². The average molecular weight is 368 g/mol. The Morgan fingerprint density at radius 3 is 2.56 bits per heavy atom. The van der Waals surface area contributed by atoms with Gasteiger partial charge in [-0.2, -0.15) is 5.10 Å². The largest absolute Gasteiger partial charge is 0.257 e. The number of nitrogens with zero attached hydrogens (tertiary/aromatic N) is 3. The van der Waals surface area contributed by atoms with Crippen molar-refractivity contribution in [3.63, 3.8) is 0 Å². The Bertz CT molecular complexity index is 894. The standard InChI is InChI=1S/C20H21N3S2/c1-2-7-16(8-3-1)12-13-21-20-23(22-17-9-4-5-10-17)18(15-25-20)19-11-6-14-24-19/h1-3,6-8,11,14-15H,4-5,9-10,12-13H2. The minimum absolute atomic E-state index is 0.791. The number of hydrogen-bond donors (Lipinski definition) is 0. The summed E-state index contributed by atoms with van der Waals surface area (Å²) in [5.74, 6) is 0. The first-order valence-electron chi connectivity index (χ1n) is 8.76. The van der Waals surface area contributed by atoms with Gasteiger partial charge in [0.15, 0.2) is 0 Å². The van der Waals surface area contributed by atoms with Gasteiger partial charge in [-0.3, -0.25) is 4.99 Å². The third-order valence-corrected chi connectivity index (χ3v) is 6.12.